The molecule has 1 atom stereocenters. The third-order valence-corrected chi connectivity index (χ3v) is 6.23. The van der Waals surface area contributed by atoms with Gasteiger partial charge in [-0.15, -0.1) is 35.9 Å². The molecule has 0 spiro atoms. The molecule has 1 aromatic carbocycles. The van der Waals surface area contributed by atoms with E-state index in [4.69, 9.17) is 0 Å². The Bertz CT molecular complexity index is 422. The molecule has 112 valence electrons. The summed E-state index contributed by atoms with van der Waals surface area (Å²) >= 11 is 3.96. The minimum atomic E-state index is 0. The van der Waals surface area contributed by atoms with Gasteiger partial charge in [-0.05, 0) is 31.7 Å². The lowest BCUT2D eigenvalue weighted by molar-refractivity contribution is 0.0950. The molecule has 1 aromatic rings. The van der Waals surface area contributed by atoms with Gasteiger partial charge >= 0.3 is 0 Å². The number of halogens is 1. The van der Waals surface area contributed by atoms with Crippen molar-refractivity contribution < 1.29 is 4.79 Å². The third kappa shape index (κ3) is 4.88. The van der Waals surface area contributed by atoms with Crippen molar-refractivity contribution in [3.05, 3.63) is 35.4 Å². The van der Waals surface area contributed by atoms with Crippen molar-refractivity contribution in [3.63, 3.8) is 0 Å². The van der Waals surface area contributed by atoms with E-state index < -0.39 is 0 Å². The van der Waals surface area contributed by atoms with Gasteiger partial charge in [-0.2, -0.15) is 0 Å². The number of hydrogen-bond acceptors (Lipinski definition) is 4. The van der Waals surface area contributed by atoms with Crippen molar-refractivity contribution in [3.8, 4) is 0 Å². The second-order valence-electron chi connectivity index (χ2n) is 4.60. The zero-order valence-corrected chi connectivity index (χ0v) is 14.2. The number of carbonyl (C=O) groups is 1. The smallest absolute Gasteiger partial charge is 0.251 e. The summed E-state index contributed by atoms with van der Waals surface area (Å²) in [7, 11) is 1.89. The van der Waals surface area contributed by atoms with Gasteiger partial charge in [-0.3, -0.25) is 4.79 Å². The molecule has 1 amide bonds. The lowest BCUT2D eigenvalue weighted by Gasteiger charge is -2.12. The van der Waals surface area contributed by atoms with Gasteiger partial charge in [0.25, 0.3) is 5.91 Å². The normalized spacial score (nSPS) is 16.5. The molecular formula is C14H21ClN2OS2. The number of amides is 1. The predicted octanol–water partition coefficient (Wildman–Crippen LogP) is 2.92. The topological polar surface area (TPSA) is 41.1 Å². The van der Waals surface area contributed by atoms with Crippen molar-refractivity contribution in [1.29, 1.82) is 0 Å². The van der Waals surface area contributed by atoms with E-state index in [0.717, 1.165) is 5.56 Å². The van der Waals surface area contributed by atoms with Crippen molar-refractivity contribution in [1.82, 2.24) is 10.6 Å². The Hall–Kier alpha value is -0.360. The summed E-state index contributed by atoms with van der Waals surface area (Å²) in [6.45, 7) is 2.68. The average molecular weight is 333 g/mol. The van der Waals surface area contributed by atoms with Gasteiger partial charge in [0.05, 0.1) is 4.58 Å². The zero-order valence-electron chi connectivity index (χ0n) is 11.7. The van der Waals surface area contributed by atoms with Crippen LogP contribution in [-0.2, 0) is 0 Å². The third-order valence-electron chi connectivity index (χ3n) is 3.13. The molecule has 1 unspecified atom stereocenters. The van der Waals surface area contributed by atoms with Crippen LogP contribution >= 0.6 is 35.9 Å². The summed E-state index contributed by atoms with van der Waals surface area (Å²) in [5.41, 5.74) is 2.05. The van der Waals surface area contributed by atoms with E-state index in [0.29, 0.717) is 11.1 Å². The highest BCUT2D eigenvalue weighted by Crippen LogP contribution is 2.45. The molecule has 0 aliphatic carbocycles. The quantitative estimate of drug-likeness (QED) is 0.870. The molecule has 0 saturated carbocycles. The fraction of sp³-hybridized carbons (Fsp3) is 0.500. The predicted molar refractivity (Wildman–Crippen MR) is 92.2 cm³/mol. The Labute approximate surface area is 135 Å². The standard InChI is InChI=1S/C14H20N2OS2.ClH/c1-10(15-2)9-16-13(17)11-3-5-12(6-4-11)14-18-7-8-19-14;/h3-6,10,14-15H,7-9H2,1-2H3,(H,16,17);1H. The van der Waals surface area contributed by atoms with E-state index in [1.165, 1.54) is 17.1 Å². The van der Waals surface area contributed by atoms with Gasteiger partial charge in [0, 0.05) is 29.7 Å². The van der Waals surface area contributed by atoms with Crippen LogP contribution in [0.15, 0.2) is 24.3 Å². The highest BCUT2D eigenvalue weighted by molar-refractivity contribution is 8.19. The highest BCUT2D eigenvalue weighted by Gasteiger charge is 2.18. The monoisotopic (exact) mass is 332 g/mol. The number of nitrogens with one attached hydrogen (secondary N) is 2. The van der Waals surface area contributed by atoms with Crippen molar-refractivity contribution >= 4 is 41.8 Å². The average Bonchev–Trinajstić information content (AvgIpc) is 2.98. The molecule has 20 heavy (non-hydrogen) atoms. The number of benzene rings is 1. The van der Waals surface area contributed by atoms with Crippen molar-refractivity contribution in [2.75, 3.05) is 25.1 Å². The van der Waals surface area contributed by atoms with Crippen molar-refractivity contribution in [2.24, 2.45) is 0 Å². The first-order chi connectivity index (χ1) is 9.20. The largest absolute Gasteiger partial charge is 0.350 e. The molecule has 2 N–H and O–H groups in total. The molecule has 1 saturated heterocycles. The molecule has 1 heterocycles. The number of hydrogen-bond donors (Lipinski definition) is 2. The highest BCUT2D eigenvalue weighted by atomic mass is 35.5. The molecule has 6 heteroatoms. The maximum atomic E-state index is 11.9. The first kappa shape index (κ1) is 17.7. The summed E-state index contributed by atoms with van der Waals surface area (Å²) in [6.07, 6.45) is 0. The van der Waals surface area contributed by atoms with Gasteiger partial charge in [0.1, 0.15) is 0 Å². The van der Waals surface area contributed by atoms with Crippen LogP contribution in [0.25, 0.3) is 0 Å². The maximum absolute atomic E-state index is 11.9. The lowest BCUT2D eigenvalue weighted by atomic mass is 10.1. The summed E-state index contributed by atoms with van der Waals surface area (Å²) in [6, 6.07) is 8.29. The van der Waals surface area contributed by atoms with E-state index in [2.05, 4.69) is 22.8 Å². The van der Waals surface area contributed by atoms with Gasteiger partial charge in [0.2, 0.25) is 0 Å². The zero-order chi connectivity index (χ0) is 13.7. The SMILES string of the molecule is CNC(C)CNC(=O)c1ccc(C2SCCS2)cc1.Cl. The first-order valence-corrected chi connectivity index (χ1v) is 8.59. The molecule has 1 aliphatic rings. The summed E-state index contributed by atoms with van der Waals surface area (Å²) < 4.78 is 0.543. The Kier molecular flexibility index (Phi) is 7.80. The van der Waals surface area contributed by atoms with Crippen LogP contribution in [0.1, 0.15) is 27.4 Å². The summed E-state index contributed by atoms with van der Waals surface area (Å²) in [5.74, 6) is 2.44. The molecule has 2 rings (SSSR count). The van der Waals surface area contributed by atoms with Crippen LogP contribution in [0.3, 0.4) is 0 Å². The van der Waals surface area contributed by atoms with E-state index in [1.807, 2.05) is 49.6 Å². The molecule has 0 radical (unpaired) electrons. The van der Waals surface area contributed by atoms with Crippen LogP contribution in [-0.4, -0.2) is 37.0 Å². The van der Waals surface area contributed by atoms with Crippen LogP contribution in [0.5, 0.6) is 0 Å². The van der Waals surface area contributed by atoms with E-state index in [9.17, 15) is 4.79 Å². The van der Waals surface area contributed by atoms with E-state index in [-0.39, 0.29) is 24.4 Å². The Morgan fingerprint density at radius 2 is 1.90 bits per heavy atom. The van der Waals surface area contributed by atoms with Gasteiger partial charge < -0.3 is 10.6 Å². The molecule has 0 aromatic heterocycles. The van der Waals surface area contributed by atoms with Crippen LogP contribution in [0, 0.1) is 0 Å². The molecular weight excluding hydrogens is 312 g/mol. The lowest BCUT2D eigenvalue weighted by Crippen LogP contribution is -2.37. The van der Waals surface area contributed by atoms with Crippen LogP contribution in [0.4, 0.5) is 0 Å². The van der Waals surface area contributed by atoms with Gasteiger partial charge in [-0.1, -0.05) is 12.1 Å². The fourth-order valence-electron chi connectivity index (χ4n) is 1.79. The number of rotatable bonds is 5. The van der Waals surface area contributed by atoms with Crippen molar-refractivity contribution in [2.45, 2.75) is 17.5 Å². The Balaban J connectivity index is 0.00000200. The Morgan fingerprint density at radius 3 is 2.45 bits per heavy atom. The van der Waals surface area contributed by atoms with Gasteiger partial charge in [0.15, 0.2) is 0 Å². The minimum Gasteiger partial charge on any atom is -0.350 e. The van der Waals surface area contributed by atoms with Crippen LogP contribution in [0.2, 0.25) is 0 Å². The number of carbonyl (C=O) groups excluding carboxylic acids is 1. The fourth-order valence-corrected chi connectivity index (χ4v) is 4.65. The molecule has 1 fully saturated rings. The second kappa shape index (κ2) is 8.82. The van der Waals surface area contributed by atoms with Gasteiger partial charge in [-0.25, -0.2) is 0 Å². The van der Waals surface area contributed by atoms with Crippen LogP contribution < -0.4 is 10.6 Å². The number of thioether (sulfide) groups is 2. The maximum Gasteiger partial charge on any atom is 0.251 e. The molecule has 0 bridgehead atoms. The molecule has 1 aliphatic heterocycles. The molecule has 3 nitrogen and oxygen atoms in total. The number of likely N-dealkylation sites (N-methyl/N-ethyl adjacent to an activating group) is 1. The minimum absolute atomic E-state index is 0. The van der Waals surface area contributed by atoms with E-state index in [1.54, 1.807) is 0 Å². The Morgan fingerprint density at radius 1 is 1.30 bits per heavy atom. The summed E-state index contributed by atoms with van der Waals surface area (Å²) in [4.78, 5) is 11.9. The summed E-state index contributed by atoms with van der Waals surface area (Å²) in [5, 5.41) is 6.02. The second-order valence-corrected chi connectivity index (χ2v) is 7.32. The first-order valence-electron chi connectivity index (χ1n) is 6.49. The van der Waals surface area contributed by atoms with E-state index >= 15 is 0 Å².